The van der Waals surface area contributed by atoms with Crippen LogP contribution in [0.2, 0.25) is 0 Å². The van der Waals surface area contributed by atoms with Crippen molar-refractivity contribution in [3.05, 3.63) is 18.3 Å². The van der Waals surface area contributed by atoms with Crippen molar-refractivity contribution in [1.82, 2.24) is 4.98 Å². The van der Waals surface area contributed by atoms with E-state index in [1.807, 2.05) is 12.1 Å². The van der Waals surface area contributed by atoms with Gasteiger partial charge in [-0.15, -0.1) is 0 Å². The van der Waals surface area contributed by atoms with Gasteiger partial charge in [0.05, 0.1) is 12.3 Å². The number of hydrogen-bond acceptors (Lipinski definition) is 4. The van der Waals surface area contributed by atoms with Crippen LogP contribution in [-0.4, -0.2) is 24.7 Å². The van der Waals surface area contributed by atoms with Gasteiger partial charge in [0.1, 0.15) is 5.82 Å². The van der Waals surface area contributed by atoms with Gasteiger partial charge >= 0.3 is 0 Å². The van der Waals surface area contributed by atoms with Gasteiger partial charge in [0.25, 0.3) is 0 Å². The van der Waals surface area contributed by atoms with Gasteiger partial charge in [-0.25, -0.2) is 4.98 Å². The highest BCUT2D eigenvalue weighted by atomic mass is 16.5. The average Bonchev–Trinajstić information content (AvgIpc) is 3.04. The molecule has 82 valence electrons. The number of nitrogens with zero attached hydrogens (tertiary/aromatic N) is 1. The Labute approximate surface area is 89.8 Å². The second-order valence-corrected chi connectivity index (χ2v) is 3.89. The van der Waals surface area contributed by atoms with E-state index in [0.717, 1.165) is 24.9 Å². The summed E-state index contributed by atoms with van der Waals surface area (Å²) in [6, 6.07) is 3.66. The number of aromatic nitrogens is 1. The molecule has 1 aliphatic carbocycles. The molecule has 1 heterocycles. The summed E-state index contributed by atoms with van der Waals surface area (Å²) >= 11 is 0. The van der Waals surface area contributed by atoms with E-state index in [2.05, 4.69) is 10.3 Å². The highest BCUT2D eigenvalue weighted by molar-refractivity contribution is 5.60. The van der Waals surface area contributed by atoms with Crippen LogP contribution < -0.4 is 11.1 Å². The highest BCUT2D eigenvalue weighted by Gasteiger charge is 2.20. The maximum absolute atomic E-state index is 5.73. The first-order valence-electron chi connectivity index (χ1n) is 5.38. The van der Waals surface area contributed by atoms with Crippen LogP contribution >= 0.6 is 0 Å². The molecule has 1 aromatic rings. The van der Waals surface area contributed by atoms with E-state index in [9.17, 15) is 0 Å². The van der Waals surface area contributed by atoms with Crippen molar-refractivity contribution < 1.29 is 4.74 Å². The maximum atomic E-state index is 5.73. The first-order chi connectivity index (χ1) is 7.36. The molecule has 0 radical (unpaired) electrons. The highest BCUT2D eigenvalue weighted by Crippen LogP contribution is 2.28. The van der Waals surface area contributed by atoms with Crippen LogP contribution in [0.3, 0.4) is 0 Å². The van der Waals surface area contributed by atoms with Crippen molar-refractivity contribution in [2.45, 2.75) is 12.8 Å². The average molecular weight is 207 g/mol. The van der Waals surface area contributed by atoms with Crippen LogP contribution in [0.15, 0.2) is 18.3 Å². The number of rotatable bonds is 6. The molecule has 0 aliphatic heterocycles. The second-order valence-electron chi connectivity index (χ2n) is 3.89. The zero-order valence-electron chi connectivity index (χ0n) is 8.78. The summed E-state index contributed by atoms with van der Waals surface area (Å²) < 4.78 is 5.49. The van der Waals surface area contributed by atoms with Gasteiger partial charge < -0.3 is 15.8 Å². The van der Waals surface area contributed by atoms with Crippen molar-refractivity contribution in [3.8, 4) is 0 Å². The van der Waals surface area contributed by atoms with Crippen molar-refractivity contribution in [2.75, 3.05) is 30.8 Å². The molecule has 0 atom stereocenters. The fourth-order valence-electron chi connectivity index (χ4n) is 1.34. The number of anilines is 2. The minimum absolute atomic E-state index is 0.680. The van der Waals surface area contributed by atoms with Gasteiger partial charge in [0.15, 0.2) is 0 Å². The van der Waals surface area contributed by atoms with E-state index in [1.165, 1.54) is 12.8 Å². The molecule has 2 rings (SSSR count). The molecule has 1 fully saturated rings. The van der Waals surface area contributed by atoms with Crippen molar-refractivity contribution in [2.24, 2.45) is 5.92 Å². The summed E-state index contributed by atoms with van der Waals surface area (Å²) in [6.07, 6.45) is 4.39. The number of pyridine rings is 1. The third-order valence-electron chi connectivity index (χ3n) is 2.43. The molecular formula is C11H17N3O. The van der Waals surface area contributed by atoms with Gasteiger partial charge in [0, 0.05) is 19.3 Å². The smallest absolute Gasteiger partial charge is 0.149 e. The Hall–Kier alpha value is -1.29. The lowest BCUT2D eigenvalue weighted by atomic mass is 10.4. The molecule has 0 spiro atoms. The molecule has 0 bridgehead atoms. The van der Waals surface area contributed by atoms with Gasteiger partial charge in [-0.2, -0.15) is 0 Å². The second kappa shape index (κ2) is 4.98. The number of hydrogen-bond donors (Lipinski definition) is 2. The van der Waals surface area contributed by atoms with E-state index in [0.29, 0.717) is 12.3 Å². The van der Waals surface area contributed by atoms with Crippen molar-refractivity contribution in [3.63, 3.8) is 0 Å². The largest absolute Gasteiger partial charge is 0.396 e. The SMILES string of the molecule is Nc1cccnc1NCCOCC1CC1. The molecule has 3 N–H and O–H groups in total. The molecule has 0 unspecified atom stereocenters. The van der Waals surface area contributed by atoms with Crippen LogP contribution in [0.5, 0.6) is 0 Å². The summed E-state index contributed by atoms with van der Waals surface area (Å²) in [7, 11) is 0. The normalized spacial score (nSPS) is 15.2. The lowest BCUT2D eigenvalue weighted by Gasteiger charge is -2.07. The number of nitrogen functional groups attached to an aromatic ring is 1. The Balaban J connectivity index is 1.62. The van der Waals surface area contributed by atoms with Crippen LogP contribution in [0.4, 0.5) is 11.5 Å². The van der Waals surface area contributed by atoms with Crippen LogP contribution in [0.25, 0.3) is 0 Å². The van der Waals surface area contributed by atoms with Gasteiger partial charge in [-0.05, 0) is 30.9 Å². The summed E-state index contributed by atoms with van der Waals surface area (Å²) in [4.78, 5) is 4.13. The first-order valence-corrected chi connectivity index (χ1v) is 5.38. The monoisotopic (exact) mass is 207 g/mol. The Bertz CT molecular complexity index is 312. The van der Waals surface area contributed by atoms with Gasteiger partial charge in [-0.1, -0.05) is 0 Å². The summed E-state index contributed by atoms with van der Waals surface area (Å²) in [6.45, 7) is 2.37. The zero-order valence-corrected chi connectivity index (χ0v) is 8.78. The molecule has 4 nitrogen and oxygen atoms in total. The molecule has 0 saturated heterocycles. The minimum atomic E-state index is 0.680. The predicted molar refractivity (Wildman–Crippen MR) is 60.7 cm³/mol. The fraction of sp³-hybridized carbons (Fsp3) is 0.545. The Kier molecular flexibility index (Phi) is 3.40. The zero-order chi connectivity index (χ0) is 10.5. The molecule has 1 aliphatic rings. The number of nitrogens with one attached hydrogen (secondary N) is 1. The Morgan fingerprint density at radius 2 is 2.40 bits per heavy atom. The first kappa shape index (κ1) is 10.2. The molecule has 1 saturated carbocycles. The number of nitrogens with two attached hydrogens (primary N) is 1. The van der Waals surface area contributed by atoms with E-state index < -0.39 is 0 Å². The molecule has 4 heteroatoms. The molecule has 0 aromatic carbocycles. The summed E-state index contributed by atoms with van der Waals surface area (Å²) in [5.74, 6) is 1.57. The fourth-order valence-corrected chi connectivity index (χ4v) is 1.34. The third kappa shape index (κ3) is 3.40. The van der Waals surface area contributed by atoms with E-state index in [-0.39, 0.29) is 0 Å². The van der Waals surface area contributed by atoms with E-state index in [1.54, 1.807) is 6.20 Å². The molecule has 1 aromatic heterocycles. The minimum Gasteiger partial charge on any atom is -0.396 e. The molecule has 15 heavy (non-hydrogen) atoms. The van der Waals surface area contributed by atoms with E-state index in [4.69, 9.17) is 10.5 Å². The number of ether oxygens (including phenoxy) is 1. The van der Waals surface area contributed by atoms with Crippen LogP contribution in [-0.2, 0) is 4.74 Å². The molecular weight excluding hydrogens is 190 g/mol. The van der Waals surface area contributed by atoms with E-state index >= 15 is 0 Å². The standard InChI is InChI=1S/C11H17N3O/c12-10-2-1-5-13-11(10)14-6-7-15-8-9-3-4-9/h1-2,5,9H,3-4,6-8,12H2,(H,13,14). The predicted octanol–water partition coefficient (Wildman–Crippen LogP) is 1.50. The van der Waals surface area contributed by atoms with Gasteiger partial charge in [0.2, 0.25) is 0 Å². The Morgan fingerprint density at radius 3 is 3.13 bits per heavy atom. The maximum Gasteiger partial charge on any atom is 0.149 e. The quantitative estimate of drug-likeness (QED) is 0.694. The van der Waals surface area contributed by atoms with Crippen LogP contribution in [0, 0.1) is 5.92 Å². The third-order valence-corrected chi connectivity index (χ3v) is 2.43. The van der Waals surface area contributed by atoms with Crippen molar-refractivity contribution >= 4 is 11.5 Å². The van der Waals surface area contributed by atoms with Crippen molar-refractivity contribution in [1.29, 1.82) is 0 Å². The van der Waals surface area contributed by atoms with Gasteiger partial charge in [-0.3, -0.25) is 0 Å². The Morgan fingerprint density at radius 1 is 1.53 bits per heavy atom. The van der Waals surface area contributed by atoms with Crippen LogP contribution in [0.1, 0.15) is 12.8 Å². The topological polar surface area (TPSA) is 60.2 Å². The molecule has 0 amide bonds. The summed E-state index contributed by atoms with van der Waals surface area (Å²) in [5.41, 5.74) is 6.41. The lowest BCUT2D eigenvalue weighted by Crippen LogP contribution is -2.12. The lowest BCUT2D eigenvalue weighted by molar-refractivity contribution is 0.134. The summed E-state index contributed by atoms with van der Waals surface area (Å²) in [5, 5.41) is 3.15.